The third-order valence-electron chi connectivity index (χ3n) is 3.45. The summed E-state index contributed by atoms with van der Waals surface area (Å²) < 4.78 is 5.34. The lowest BCUT2D eigenvalue weighted by molar-refractivity contribution is 0.410. The molecule has 0 aliphatic rings. The Bertz CT molecular complexity index is 522. The molecule has 0 bridgehead atoms. The second kappa shape index (κ2) is 6.39. The summed E-state index contributed by atoms with van der Waals surface area (Å²) >= 11 is 0. The lowest BCUT2D eigenvalue weighted by Gasteiger charge is -2.14. The van der Waals surface area contributed by atoms with Crippen LogP contribution in [0.5, 0.6) is 5.75 Å². The van der Waals surface area contributed by atoms with Crippen molar-refractivity contribution in [1.29, 1.82) is 0 Å². The Kier molecular flexibility index (Phi) is 4.58. The Balaban J connectivity index is 2.02. The molecule has 0 radical (unpaired) electrons. The lowest BCUT2D eigenvalue weighted by atomic mass is 9.98. The molecule has 19 heavy (non-hydrogen) atoms. The quantitative estimate of drug-likeness (QED) is 0.885. The van der Waals surface area contributed by atoms with Gasteiger partial charge in [-0.05, 0) is 42.5 Å². The minimum absolute atomic E-state index is 0.0507. The van der Waals surface area contributed by atoms with Gasteiger partial charge in [0, 0.05) is 6.04 Å². The molecule has 1 unspecified atom stereocenters. The van der Waals surface area contributed by atoms with Crippen LogP contribution in [0.15, 0.2) is 48.5 Å². The molecule has 100 valence electrons. The van der Waals surface area contributed by atoms with Gasteiger partial charge in [0.2, 0.25) is 0 Å². The van der Waals surface area contributed by atoms with Gasteiger partial charge in [0.25, 0.3) is 0 Å². The normalized spacial score (nSPS) is 12.2. The fourth-order valence-corrected chi connectivity index (χ4v) is 2.20. The third-order valence-corrected chi connectivity index (χ3v) is 3.45. The van der Waals surface area contributed by atoms with E-state index in [1.165, 1.54) is 5.56 Å². The largest absolute Gasteiger partial charge is 0.496 e. The number of aryl methyl sites for hydroxylation is 2. The zero-order chi connectivity index (χ0) is 13.7. The minimum atomic E-state index is 0.0507. The molecule has 0 spiro atoms. The van der Waals surface area contributed by atoms with Gasteiger partial charge < -0.3 is 10.5 Å². The van der Waals surface area contributed by atoms with E-state index >= 15 is 0 Å². The Morgan fingerprint density at radius 1 is 1.11 bits per heavy atom. The number of hydrogen-bond donors (Lipinski definition) is 1. The van der Waals surface area contributed by atoms with Gasteiger partial charge in [0.15, 0.2) is 0 Å². The maximum Gasteiger partial charge on any atom is 0.122 e. The first kappa shape index (κ1) is 13.6. The van der Waals surface area contributed by atoms with Crippen LogP contribution in [-0.4, -0.2) is 7.11 Å². The first-order valence-electron chi connectivity index (χ1n) is 6.64. The maximum absolute atomic E-state index is 6.26. The number of ether oxygens (including phenoxy) is 1. The number of nitrogens with two attached hydrogens (primary N) is 1. The highest BCUT2D eigenvalue weighted by Crippen LogP contribution is 2.24. The van der Waals surface area contributed by atoms with Gasteiger partial charge in [-0.25, -0.2) is 0 Å². The van der Waals surface area contributed by atoms with Gasteiger partial charge in [-0.1, -0.05) is 42.5 Å². The van der Waals surface area contributed by atoms with E-state index in [2.05, 4.69) is 36.4 Å². The molecule has 2 heteroatoms. The van der Waals surface area contributed by atoms with E-state index in [0.29, 0.717) is 0 Å². The van der Waals surface area contributed by atoms with Crippen LogP contribution < -0.4 is 10.5 Å². The summed E-state index contributed by atoms with van der Waals surface area (Å²) in [5, 5.41) is 0. The van der Waals surface area contributed by atoms with E-state index in [1.807, 2.05) is 19.1 Å². The molecule has 0 aliphatic heterocycles. The molecule has 0 heterocycles. The SMILES string of the molecule is COc1cc(C(N)CCc2ccccc2)ccc1C. The summed E-state index contributed by atoms with van der Waals surface area (Å²) in [7, 11) is 1.70. The highest BCUT2D eigenvalue weighted by Gasteiger charge is 2.08. The zero-order valence-corrected chi connectivity index (χ0v) is 11.6. The van der Waals surface area contributed by atoms with Gasteiger partial charge in [0.1, 0.15) is 5.75 Å². The third kappa shape index (κ3) is 3.58. The van der Waals surface area contributed by atoms with E-state index < -0.39 is 0 Å². The Labute approximate surface area is 115 Å². The molecule has 2 N–H and O–H groups in total. The number of methoxy groups -OCH3 is 1. The zero-order valence-electron chi connectivity index (χ0n) is 11.6. The average Bonchev–Trinajstić information content (AvgIpc) is 2.46. The Morgan fingerprint density at radius 2 is 1.84 bits per heavy atom. The van der Waals surface area contributed by atoms with Gasteiger partial charge in [-0.3, -0.25) is 0 Å². The summed E-state index contributed by atoms with van der Waals surface area (Å²) in [5.41, 5.74) is 9.87. The standard InChI is InChI=1S/C17H21NO/c1-13-8-10-15(12-17(13)19-2)16(18)11-9-14-6-4-3-5-7-14/h3-8,10,12,16H,9,11,18H2,1-2H3. The minimum Gasteiger partial charge on any atom is -0.496 e. The van der Waals surface area contributed by atoms with Gasteiger partial charge >= 0.3 is 0 Å². The predicted octanol–water partition coefficient (Wildman–Crippen LogP) is 3.64. The van der Waals surface area contributed by atoms with Crippen molar-refractivity contribution >= 4 is 0 Å². The molecule has 2 rings (SSSR count). The molecule has 2 nitrogen and oxygen atoms in total. The van der Waals surface area contributed by atoms with Gasteiger partial charge in [-0.2, -0.15) is 0 Å². The van der Waals surface area contributed by atoms with Crippen LogP contribution in [0.3, 0.4) is 0 Å². The Hall–Kier alpha value is -1.80. The Morgan fingerprint density at radius 3 is 2.53 bits per heavy atom. The van der Waals surface area contributed by atoms with Crippen LogP contribution in [0.2, 0.25) is 0 Å². The number of benzene rings is 2. The fraction of sp³-hybridized carbons (Fsp3) is 0.294. The maximum atomic E-state index is 6.26. The monoisotopic (exact) mass is 255 g/mol. The molecule has 2 aromatic carbocycles. The van der Waals surface area contributed by atoms with Crippen LogP contribution in [-0.2, 0) is 6.42 Å². The molecule has 0 saturated heterocycles. The average molecular weight is 255 g/mol. The van der Waals surface area contributed by atoms with E-state index in [0.717, 1.165) is 29.7 Å². The molecule has 0 saturated carbocycles. The summed E-state index contributed by atoms with van der Waals surface area (Å²) in [5.74, 6) is 0.910. The highest BCUT2D eigenvalue weighted by atomic mass is 16.5. The van der Waals surface area contributed by atoms with Crippen LogP contribution in [0.4, 0.5) is 0 Å². The molecule has 2 aromatic rings. The van der Waals surface area contributed by atoms with Crippen molar-refractivity contribution in [1.82, 2.24) is 0 Å². The lowest BCUT2D eigenvalue weighted by Crippen LogP contribution is -2.11. The van der Waals surface area contributed by atoms with E-state index in [4.69, 9.17) is 10.5 Å². The smallest absolute Gasteiger partial charge is 0.122 e. The topological polar surface area (TPSA) is 35.2 Å². The van der Waals surface area contributed by atoms with Crippen LogP contribution in [0.25, 0.3) is 0 Å². The van der Waals surface area contributed by atoms with E-state index in [1.54, 1.807) is 7.11 Å². The van der Waals surface area contributed by atoms with Crippen LogP contribution >= 0.6 is 0 Å². The van der Waals surface area contributed by atoms with Gasteiger partial charge in [0.05, 0.1) is 7.11 Å². The number of hydrogen-bond acceptors (Lipinski definition) is 2. The van der Waals surface area contributed by atoms with Crippen LogP contribution in [0.1, 0.15) is 29.2 Å². The molecule has 0 fully saturated rings. The molecule has 0 amide bonds. The van der Waals surface area contributed by atoms with Crippen molar-refractivity contribution in [2.45, 2.75) is 25.8 Å². The van der Waals surface area contributed by atoms with Crippen molar-refractivity contribution in [2.24, 2.45) is 5.73 Å². The van der Waals surface area contributed by atoms with Crippen LogP contribution in [0, 0.1) is 6.92 Å². The predicted molar refractivity (Wildman–Crippen MR) is 79.4 cm³/mol. The second-order valence-electron chi connectivity index (χ2n) is 4.86. The van der Waals surface area contributed by atoms with Crippen molar-refractivity contribution in [3.8, 4) is 5.75 Å². The van der Waals surface area contributed by atoms with E-state index in [9.17, 15) is 0 Å². The molecular weight excluding hydrogens is 234 g/mol. The summed E-state index contributed by atoms with van der Waals surface area (Å²) in [4.78, 5) is 0. The number of rotatable bonds is 5. The molecule has 0 aromatic heterocycles. The summed E-state index contributed by atoms with van der Waals surface area (Å²) in [6.45, 7) is 2.04. The second-order valence-corrected chi connectivity index (χ2v) is 4.86. The van der Waals surface area contributed by atoms with Crippen molar-refractivity contribution in [2.75, 3.05) is 7.11 Å². The molecular formula is C17H21NO. The first-order chi connectivity index (χ1) is 9.20. The van der Waals surface area contributed by atoms with Crippen molar-refractivity contribution in [3.05, 3.63) is 65.2 Å². The highest BCUT2D eigenvalue weighted by molar-refractivity contribution is 5.37. The molecule has 1 atom stereocenters. The van der Waals surface area contributed by atoms with Crippen molar-refractivity contribution in [3.63, 3.8) is 0 Å². The first-order valence-corrected chi connectivity index (χ1v) is 6.64. The summed E-state index contributed by atoms with van der Waals surface area (Å²) in [6, 6.07) is 16.7. The fourth-order valence-electron chi connectivity index (χ4n) is 2.20. The molecule has 0 aliphatic carbocycles. The van der Waals surface area contributed by atoms with Gasteiger partial charge in [-0.15, -0.1) is 0 Å². The summed E-state index contributed by atoms with van der Waals surface area (Å²) in [6.07, 6.45) is 1.94. The van der Waals surface area contributed by atoms with Crippen molar-refractivity contribution < 1.29 is 4.74 Å². The van der Waals surface area contributed by atoms with E-state index in [-0.39, 0.29) is 6.04 Å².